The van der Waals surface area contributed by atoms with Crippen LogP contribution in [0.3, 0.4) is 0 Å². The zero-order valence-corrected chi connectivity index (χ0v) is 12.4. The lowest BCUT2D eigenvalue weighted by atomic mass is 9.85. The maximum Gasteiger partial charge on any atom is 0.416 e. The van der Waals surface area contributed by atoms with Gasteiger partial charge in [-0.1, -0.05) is 6.42 Å². The van der Waals surface area contributed by atoms with Crippen LogP contribution in [-0.2, 0) is 12.7 Å². The van der Waals surface area contributed by atoms with Crippen LogP contribution < -0.4 is 10.6 Å². The molecule has 1 unspecified atom stereocenters. The average Bonchev–Trinajstić information content (AvgIpc) is 2.76. The second-order valence-corrected chi connectivity index (χ2v) is 6.20. The number of alkyl halides is 3. The minimum Gasteiger partial charge on any atom is -0.348 e. The number of carbonyl (C=O) groups is 1. The van der Waals surface area contributed by atoms with Crippen LogP contribution in [-0.4, -0.2) is 12.5 Å². The number of hydrogen-bond donors (Lipinski definition) is 2. The summed E-state index contributed by atoms with van der Waals surface area (Å²) in [4.78, 5) is 11.7. The second-order valence-electron chi connectivity index (χ2n) is 6.20. The number of halogens is 3. The molecule has 120 valence electrons. The Morgan fingerprint density at radius 1 is 1.36 bits per heavy atom. The zero-order valence-electron chi connectivity index (χ0n) is 12.4. The maximum atomic E-state index is 13.2. The Morgan fingerprint density at radius 3 is 2.68 bits per heavy atom. The molecule has 6 heteroatoms. The van der Waals surface area contributed by atoms with Gasteiger partial charge in [0.15, 0.2) is 0 Å². The highest BCUT2D eigenvalue weighted by molar-refractivity contribution is 5.99. The number of fused-ring (bicyclic) bond motifs is 1. The smallest absolute Gasteiger partial charge is 0.348 e. The quantitative estimate of drug-likeness (QED) is 0.894. The van der Waals surface area contributed by atoms with Crippen LogP contribution in [0.5, 0.6) is 0 Å². The molecule has 3 rings (SSSR count). The Morgan fingerprint density at radius 2 is 2.09 bits per heavy atom. The summed E-state index contributed by atoms with van der Waals surface area (Å²) in [6, 6.07) is 2.56. The van der Waals surface area contributed by atoms with Crippen molar-refractivity contribution in [1.29, 1.82) is 0 Å². The summed E-state index contributed by atoms with van der Waals surface area (Å²) >= 11 is 0. The van der Waals surface area contributed by atoms with E-state index in [1.807, 2.05) is 6.92 Å². The van der Waals surface area contributed by atoms with Gasteiger partial charge < -0.3 is 10.6 Å². The summed E-state index contributed by atoms with van der Waals surface area (Å²) in [6.45, 7) is 2.60. The molecule has 2 N–H and O–H groups in total. The Hall–Kier alpha value is -1.56. The van der Waals surface area contributed by atoms with Gasteiger partial charge in [0, 0.05) is 18.2 Å². The molecule has 0 saturated heterocycles. The molecule has 0 spiro atoms. The van der Waals surface area contributed by atoms with Crippen LogP contribution >= 0.6 is 0 Å². The van der Waals surface area contributed by atoms with Crippen LogP contribution in [0, 0.1) is 5.92 Å². The highest BCUT2D eigenvalue weighted by atomic mass is 19.4. The molecule has 1 aromatic carbocycles. The number of carbonyl (C=O) groups excluding carboxylic acids is 1. The van der Waals surface area contributed by atoms with Crippen LogP contribution in [0.15, 0.2) is 12.1 Å². The fraction of sp³-hybridized carbons (Fsp3) is 0.562. The van der Waals surface area contributed by atoms with Crippen LogP contribution in [0.1, 0.15) is 59.3 Å². The van der Waals surface area contributed by atoms with Crippen molar-refractivity contribution in [2.75, 3.05) is 6.54 Å². The molecular weight excluding hydrogens is 293 g/mol. The number of amides is 1. The number of hydrogen-bond acceptors (Lipinski definition) is 2. The van der Waals surface area contributed by atoms with E-state index in [4.69, 9.17) is 0 Å². The fourth-order valence-electron chi connectivity index (χ4n) is 3.01. The van der Waals surface area contributed by atoms with Gasteiger partial charge in [0.1, 0.15) is 0 Å². The van der Waals surface area contributed by atoms with Gasteiger partial charge in [0.25, 0.3) is 5.91 Å². The molecule has 22 heavy (non-hydrogen) atoms. The van der Waals surface area contributed by atoms with Crippen molar-refractivity contribution < 1.29 is 18.0 Å². The predicted octanol–water partition coefficient (Wildman–Crippen LogP) is 3.40. The van der Waals surface area contributed by atoms with E-state index in [9.17, 15) is 18.0 Å². The molecule has 0 bridgehead atoms. The molecule has 0 radical (unpaired) electrons. The van der Waals surface area contributed by atoms with Crippen molar-refractivity contribution in [3.63, 3.8) is 0 Å². The average molecular weight is 312 g/mol. The van der Waals surface area contributed by atoms with E-state index in [0.29, 0.717) is 11.5 Å². The normalized spacial score (nSPS) is 19.5. The van der Waals surface area contributed by atoms with Crippen LogP contribution in [0.4, 0.5) is 13.2 Å². The number of nitrogens with one attached hydrogen (secondary N) is 2. The highest BCUT2D eigenvalue weighted by Gasteiger charge is 2.38. The monoisotopic (exact) mass is 312 g/mol. The summed E-state index contributed by atoms with van der Waals surface area (Å²) in [6.07, 6.45) is -0.849. The molecule has 1 heterocycles. The third-order valence-electron chi connectivity index (χ3n) is 4.69. The molecular formula is C16H19F3N2O. The topological polar surface area (TPSA) is 41.1 Å². The number of rotatable bonds is 4. The van der Waals surface area contributed by atoms with Gasteiger partial charge in [-0.2, -0.15) is 13.2 Å². The summed E-state index contributed by atoms with van der Waals surface area (Å²) in [7, 11) is 0. The molecule has 1 saturated carbocycles. The lowest BCUT2D eigenvalue weighted by Gasteiger charge is -2.27. The minimum absolute atomic E-state index is 0.0484. The van der Waals surface area contributed by atoms with Gasteiger partial charge in [-0.25, -0.2) is 0 Å². The molecule has 1 fully saturated rings. The summed E-state index contributed by atoms with van der Waals surface area (Å²) in [5.74, 6) is 0.204. The molecule has 1 atom stereocenters. The third kappa shape index (κ3) is 2.84. The first-order chi connectivity index (χ1) is 10.4. The molecule has 1 amide bonds. The molecule has 1 aromatic rings. The van der Waals surface area contributed by atoms with E-state index in [-0.39, 0.29) is 23.7 Å². The van der Waals surface area contributed by atoms with E-state index in [1.165, 1.54) is 25.3 Å². The van der Waals surface area contributed by atoms with Gasteiger partial charge in [0.05, 0.1) is 5.56 Å². The van der Waals surface area contributed by atoms with Crippen LogP contribution in [0.2, 0.25) is 0 Å². The third-order valence-corrected chi connectivity index (χ3v) is 4.69. The first-order valence-electron chi connectivity index (χ1n) is 7.62. The lowest BCUT2D eigenvalue weighted by Crippen LogP contribution is -2.29. The fourth-order valence-corrected chi connectivity index (χ4v) is 3.01. The largest absolute Gasteiger partial charge is 0.416 e. The molecule has 3 nitrogen and oxygen atoms in total. The zero-order chi connectivity index (χ0) is 15.9. The second kappa shape index (κ2) is 5.57. The van der Waals surface area contributed by atoms with E-state index >= 15 is 0 Å². The van der Waals surface area contributed by atoms with Crippen molar-refractivity contribution in [2.24, 2.45) is 5.92 Å². The van der Waals surface area contributed by atoms with E-state index < -0.39 is 17.6 Å². The molecule has 2 aliphatic rings. The van der Waals surface area contributed by atoms with Crippen LogP contribution in [0.25, 0.3) is 0 Å². The Balaban J connectivity index is 1.87. The summed E-state index contributed by atoms with van der Waals surface area (Å²) < 4.78 is 39.7. The first kappa shape index (κ1) is 15.3. The van der Waals surface area contributed by atoms with Crippen molar-refractivity contribution in [2.45, 2.75) is 44.9 Å². The number of benzene rings is 1. The molecule has 1 aliphatic heterocycles. The van der Waals surface area contributed by atoms with Crippen molar-refractivity contribution >= 4 is 5.91 Å². The lowest BCUT2D eigenvalue weighted by molar-refractivity contribution is -0.138. The summed E-state index contributed by atoms with van der Waals surface area (Å²) in [5, 5.41) is 5.76. The Kier molecular flexibility index (Phi) is 3.89. The van der Waals surface area contributed by atoms with Gasteiger partial charge in [-0.05, 0) is 55.5 Å². The minimum atomic E-state index is -4.44. The highest BCUT2D eigenvalue weighted by Crippen LogP contribution is 2.37. The first-order valence-corrected chi connectivity index (χ1v) is 7.62. The molecule has 1 aliphatic carbocycles. The van der Waals surface area contributed by atoms with Crippen molar-refractivity contribution in [3.8, 4) is 0 Å². The Labute approximate surface area is 127 Å². The predicted molar refractivity (Wildman–Crippen MR) is 76.4 cm³/mol. The SMILES string of the molecule is CC(NCC1CCC1)c1cc2c(c(C(F)(F)F)c1)CNC2=O. The summed E-state index contributed by atoms with van der Waals surface area (Å²) in [5.41, 5.74) is 0.0349. The van der Waals surface area contributed by atoms with E-state index in [1.54, 1.807) is 6.07 Å². The van der Waals surface area contributed by atoms with Crippen molar-refractivity contribution in [3.05, 3.63) is 34.4 Å². The van der Waals surface area contributed by atoms with E-state index in [2.05, 4.69) is 10.6 Å². The standard InChI is InChI=1S/C16H19F3N2O/c1-9(20-7-10-3-2-4-10)11-5-12-13(8-21-15(12)22)14(6-11)16(17,18)19/h5-6,9-10,20H,2-4,7-8H2,1H3,(H,21,22). The molecule has 0 aromatic heterocycles. The van der Waals surface area contributed by atoms with Gasteiger partial charge in [-0.3, -0.25) is 4.79 Å². The maximum absolute atomic E-state index is 13.2. The van der Waals surface area contributed by atoms with Gasteiger partial charge in [-0.15, -0.1) is 0 Å². The van der Waals surface area contributed by atoms with Crippen molar-refractivity contribution in [1.82, 2.24) is 10.6 Å². The van der Waals surface area contributed by atoms with Gasteiger partial charge >= 0.3 is 6.18 Å². The Bertz CT molecular complexity index is 594. The van der Waals surface area contributed by atoms with Gasteiger partial charge in [0.2, 0.25) is 0 Å². The van der Waals surface area contributed by atoms with E-state index in [0.717, 1.165) is 6.54 Å².